The van der Waals surface area contributed by atoms with E-state index in [1.54, 1.807) is 12.1 Å². The van der Waals surface area contributed by atoms with Crippen molar-refractivity contribution >= 4 is 5.78 Å². The molecule has 1 atom stereocenters. The Morgan fingerprint density at radius 3 is 2.63 bits per heavy atom. The zero-order chi connectivity index (χ0) is 14.1. The van der Waals surface area contributed by atoms with Crippen LogP contribution in [0, 0.1) is 0 Å². The van der Waals surface area contributed by atoms with E-state index in [1.807, 2.05) is 19.1 Å². The maximum atomic E-state index is 12.1. The molecule has 0 radical (unpaired) electrons. The zero-order valence-corrected chi connectivity index (χ0v) is 11.7. The lowest BCUT2D eigenvalue weighted by atomic mass is 10.1. The van der Waals surface area contributed by atoms with Crippen molar-refractivity contribution in [2.45, 2.75) is 32.7 Å². The third-order valence-corrected chi connectivity index (χ3v) is 2.79. The number of rotatable bonds is 9. The highest BCUT2D eigenvalue weighted by Gasteiger charge is 2.14. The van der Waals surface area contributed by atoms with E-state index in [4.69, 9.17) is 9.84 Å². The van der Waals surface area contributed by atoms with Crippen molar-refractivity contribution in [3.8, 4) is 5.75 Å². The van der Waals surface area contributed by atoms with Gasteiger partial charge in [-0.1, -0.05) is 6.92 Å². The monoisotopic (exact) mass is 265 g/mol. The van der Waals surface area contributed by atoms with Crippen molar-refractivity contribution in [2.24, 2.45) is 0 Å². The Kier molecular flexibility index (Phi) is 7.15. The highest BCUT2D eigenvalue weighted by atomic mass is 16.5. The van der Waals surface area contributed by atoms with E-state index in [2.05, 4.69) is 12.2 Å². The number of aliphatic hydroxyl groups excluding tert-OH is 1. The first-order chi connectivity index (χ1) is 9.19. The molecule has 0 bridgehead atoms. The van der Waals surface area contributed by atoms with Gasteiger partial charge in [0, 0.05) is 12.2 Å². The summed E-state index contributed by atoms with van der Waals surface area (Å²) in [6, 6.07) is 6.98. The van der Waals surface area contributed by atoms with Crippen LogP contribution < -0.4 is 10.1 Å². The van der Waals surface area contributed by atoms with Crippen LogP contribution in [-0.4, -0.2) is 36.7 Å². The van der Waals surface area contributed by atoms with Gasteiger partial charge in [-0.3, -0.25) is 4.79 Å². The van der Waals surface area contributed by atoms with Gasteiger partial charge >= 0.3 is 0 Å². The minimum absolute atomic E-state index is 0.0555. The number of ether oxygens (including phenoxy) is 1. The summed E-state index contributed by atoms with van der Waals surface area (Å²) in [5.41, 5.74) is 0.674. The molecule has 19 heavy (non-hydrogen) atoms. The van der Waals surface area contributed by atoms with Gasteiger partial charge in [0.15, 0.2) is 5.78 Å². The quantitative estimate of drug-likeness (QED) is 0.530. The molecule has 1 rings (SSSR count). The van der Waals surface area contributed by atoms with Gasteiger partial charge < -0.3 is 15.2 Å². The fourth-order valence-corrected chi connectivity index (χ4v) is 1.68. The zero-order valence-electron chi connectivity index (χ0n) is 11.7. The van der Waals surface area contributed by atoms with Gasteiger partial charge in [0.05, 0.1) is 12.6 Å². The molecule has 1 aromatic carbocycles. The van der Waals surface area contributed by atoms with Gasteiger partial charge in [0.25, 0.3) is 0 Å². The Morgan fingerprint density at radius 2 is 2.05 bits per heavy atom. The van der Waals surface area contributed by atoms with Crippen LogP contribution >= 0.6 is 0 Å². The van der Waals surface area contributed by atoms with E-state index < -0.39 is 0 Å². The van der Waals surface area contributed by atoms with Gasteiger partial charge in [-0.15, -0.1) is 0 Å². The predicted octanol–water partition coefficient (Wildman–Crippen LogP) is 2.02. The van der Waals surface area contributed by atoms with Crippen LogP contribution in [0.25, 0.3) is 0 Å². The first kappa shape index (κ1) is 15.7. The smallest absolute Gasteiger partial charge is 0.179 e. The van der Waals surface area contributed by atoms with Crippen LogP contribution in [0.3, 0.4) is 0 Å². The highest BCUT2D eigenvalue weighted by Crippen LogP contribution is 2.13. The molecule has 0 heterocycles. The molecule has 1 aromatic rings. The second kappa shape index (κ2) is 8.67. The standard InChI is InChI=1S/C15H23NO3/c1-3-11-19-14-7-5-13(6-8-14)15(18)12(2)16-9-4-10-17/h5-8,12,16-17H,3-4,9-11H2,1-2H3. The topological polar surface area (TPSA) is 58.6 Å². The first-order valence-corrected chi connectivity index (χ1v) is 6.80. The molecular formula is C15H23NO3. The molecule has 4 heteroatoms. The molecule has 106 valence electrons. The van der Waals surface area contributed by atoms with Crippen molar-refractivity contribution in [1.82, 2.24) is 5.32 Å². The first-order valence-electron chi connectivity index (χ1n) is 6.80. The SMILES string of the molecule is CCCOc1ccc(C(=O)C(C)NCCCO)cc1. The maximum absolute atomic E-state index is 12.1. The Morgan fingerprint density at radius 1 is 1.37 bits per heavy atom. The fourth-order valence-electron chi connectivity index (χ4n) is 1.68. The van der Waals surface area contributed by atoms with Crippen molar-refractivity contribution < 1.29 is 14.6 Å². The number of Topliss-reactive ketones (excluding diaryl/α,β-unsaturated/α-hetero) is 1. The molecule has 0 amide bonds. The van der Waals surface area contributed by atoms with Crippen LogP contribution in [0.5, 0.6) is 5.75 Å². The summed E-state index contributed by atoms with van der Waals surface area (Å²) in [5, 5.41) is 11.8. The number of benzene rings is 1. The number of hydrogen-bond acceptors (Lipinski definition) is 4. The van der Waals surface area contributed by atoms with Crippen molar-refractivity contribution in [3.63, 3.8) is 0 Å². The second-order valence-corrected chi connectivity index (χ2v) is 4.49. The molecule has 0 aliphatic rings. The number of carbonyl (C=O) groups is 1. The van der Waals surface area contributed by atoms with Crippen LogP contribution in [0.2, 0.25) is 0 Å². The van der Waals surface area contributed by atoms with Gasteiger partial charge in [-0.05, 0) is 50.6 Å². The summed E-state index contributed by atoms with van der Waals surface area (Å²) in [5.74, 6) is 0.847. The highest BCUT2D eigenvalue weighted by molar-refractivity contribution is 5.99. The molecule has 0 aliphatic carbocycles. The Bertz CT molecular complexity index is 375. The summed E-state index contributed by atoms with van der Waals surface area (Å²) in [4.78, 5) is 12.1. The van der Waals surface area contributed by atoms with E-state index in [1.165, 1.54) is 0 Å². The maximum Gasteiger partial charge on any atom is 0.179 e. The van der Waals surface area contributed by atoms with E-state index in [0.717, 1.165) is 12.2 Å². The molecule has 4 nitrogen and oxygen atoms in total. The van der Waals surface area contributed by atoms with Crippen LogP contribution in [0.1, 0.15) is 37.0 Å². The molecule has 0 fully saturated rings. The molecule has 0 saturated carbocycles. The number of ketones is 1. The van der Waals surface area contributed by atoms with E-state index in [-0.39, 0.29) is 18.4 Å². The molecule has 0 saturated heterocycles. The molecule has 0 aromatic heterocycles. The minimum Gasteiger partial charge on any atom is -0.494 e. The normalized spacial score (nSPS) is 12.2. The van der Waals surface area contributed by atoms with E-state index in [9.17, 15) is 4.79 Å². The van der Waals surface area contributed by atoms with Gasteiger partial charge in [-0.25, -0.2) is 0 Å². The Hall–Kier alpha value is -1.39. The minimum atomic E-state index is -0.242. The second-order valence-electron chi connectivity index (χ2n) is 4.49. The van der Waals surface area contributed by atoms with Gasteiger partial charge in [-0.2, -0.15) is 0 Å². The lowest BCUT2D eigenvalue weighted by Gasteiger charge is -2.12. The Balaban J connectivity index is 2.52. The van der Waals surface area contributed by atoms with Crippen LogP contribution in [0.4, 0.5) is 0 Å². The van der Waals surface area contributed by atoms with Crippen LogP contribution in [-0.2, 0) is 0 Å². The molecular weight excluding hydrogens is 242 g/mol. The number of nitrogens with one attached hydrogen (secondary N) is 1. The lowest BCUT2D eigenvalue weighted by Crippen LogP contribution is -2.34. The molecule has 0 spiro atoms. The fraction of sp³-hybridized carbons (Fsp3) is 0.533. The predicted molar refractivity (Wildman–Crippen MR) is 75.7 cm³/mol. The van der Waals surface area contributed by atoms with Gasteiger partial charge in [0.2, 0.25) is 0 Å². The molecule has 2 N–H and O–H groups in total. The third-order valence-electron chi connectivity index (χ3n) is 2.79. The molecule has 0 aliphatic heterocycles. The van der Waals surface area contributed by atoms with E-state index in [0.29, 0.717) is 25.1 Å². The van der Waals surface area contributed by atoms with Crippen LogP contribution in [0.15, 0.2) is 24.3 Å². The summed E-state index contributed by atoms with van der Waals surface area (Å²) in [7, 11) is 0. The molecule has 1 unspecified atom stereocenters. The van der Waals surface area contributed by atoms with Crippen molar-refractivity contribution in [2.75, 3.05) is 19.8 Å². The summed E-state index contributed by atoms with van der Waals surface area (Å²) in [6.07, 6.45) is 1.62. The van der Waals surface area contributed by atoms with Gasteiger partial charge in [0.1, 0.15) is 5.75 Å². The summed E-state index contributed by atoms with van der Waals surface area (Å²) >= 11 is 0. The van der Waals surface area contributed by atoms with Crippen molar-refractivity contribution in [1.29, 1.82) is 0 Å². The number of carbonyl (C=O) groups excluding carboxylic acids is 1. The number of hydrogen-bond donors (Lipinski definition) is 2. The average molecular weight is 265 g/mol. The summed E-state index contributed by atoms with van der Waals surface area (Å²) < 4.78 is 5.48. The van der Waals surface area contributed by atoms with Crippen molar-refractivity contribution in [3.05, 3.63) is 29.8 Å². The van der Waals surface area contributed by atoms with E-state index >= 15 is 0 Å². The third kappa shape index (κ3) is 5.41. The Labute approximate surface area is 114 Å². The largest absolute Gasteiger partial charge is 0.494 e. The summed E-state index contributed by atoms with van der Waals surface area (Å²) in [6.45, 7) is 5.35. The number of aliphatic hydroxyl groups is 1. The lowest BCUT2D eigenvalue weighted by molar-refractivity contribution is 0.0950. The average Bonchev–Trinajstić information content (AvgIpc) is 2.45.